The third-order valence-corrected chi connectivity index (χ3v) is 12.7. The van der Waals surface area contributed by atoms with Crippen molar-refractivity contribution in [1.82, 2.24) is 0 Å². The summed E-state index contributed by atoms with van der Waals surface area (Å²) in [6.07, 6.45) is 1.31. The molecule has 3 aromatic rings. The number of benzene rings is 3. The van der Waals surface area contributed by atoms with Gasteiger partial charge in [0.2, 0.25) is 0 Å². The smallest absolute Gasteiger partial charge is 0.134 e. The molecular formula is C39H53OP. The van der Waals surface area contributed by atoms with Crippen LogP contribution in [0.15, 0.2) is 54.6 Å². The fraction of sp³-hybridized carbons (Fsp3) is 0.513. The molecule has 0 aliphatic carbocycles. The average Bonchev–Trinajstić information content (AvgIpc) is 2.86. The van der Waals surface area contributed by atoms with Gasteiger partial charge in [0.25, 0.3) is 0 Å². The van der Waals surface area contributed by atoms with Gasteiger partial charge in [-0.3, -0.25) is 4.79 Å². The summed E-state index contributed by atoms with van der Waals surface area (Å²) in [7, 11) is -0.716. The van der Waals surface area contributed by atoms with Crippen LogP contribution in [-0.2, 0) is 4.79 Å². The molecule has 220 valence electrons. The van der Waals surface area contributed by atoms with Crippen molar-refractivity contribution in [3.8, 4) is 22.3 Å². The maximum absolute atomic E-state index is 13.2. The summed E-state index contributed by atoms with van der Waals surface area (Å²) in [5, 5.41) is 1.30. The Morgan fingerprint density at radius 2 is 0.829 bits per heavy atom. The molecule has 1 heterocycles. The number of hydrogen-bond donors (Lipinski definition) is 0. The highest BCUT2D eigenvalue weighted by Gasteiger charge is 2.49. The van der Waals surface area contributed by atoms with Crippen LogP contribution in [0.1, 0.15) is 142 Å². The summed E-state index contributed by atoms with van der Waals surface area (Å²) in [6, 6.07) is 21.0. The van der Waals surface area contributed by atoms with Gasteiger partial charge < -0.3 is 0 Å². The van der Waals surface area contributed by atoms with E-state index >= 15 is 0 Å². The first kappa shape index (κ1) is 31.7. The molecule has 41 heavy (non-hydrogen) atoms. The third-order valence-electron chi connectivity index (χ3n) is 9.01. The van der Waals surface area contributed by atoms with E-state index in [-0.39, 0.29) is 10.3 Å². The predicted octanol–water partition coefficient (Wildman–Crippen LogP) is 11.5. The molecular weight excluding hydrogens is 515 g/mol. The molecule has 1 saturated heterocycles. The Bertz CT molecular complexity index is 1270. The standard InChI is InChI=1S/C39H53OP/c1-24(2)29-16-13-17-30(25(3)4)35(29)33-20-15-21-34(36-31(26(5)6)18-14-19-32(36)27(7)8)37(33)41-38(9,10)22-28(40)23-39(41,11)12/h13-21,24-27H,22-23H2,1-12H3. The molecule has 0 radical (unpaired) electrons. The Balaban J connectivity index is 2.26. The van der Waals surface area contributed by atoms with Crippen molar-refractivity contribution in [1.29, 1.82) is 0 Å². The molecule has 0 amide bonds. The SMILES string of the molecule is CC(C)c1cccc(C(C)C)c1-c1cccc(-c2c(C(C)C)cccc2C(C)C)c1P1C(C)(C)CC(=O)CC1(C)C. The van der Waals surface area contributed by atoms with Gasteiger partial charge in [-0.2, -0.15) is 0 Å². The molecule has 3 aromatic carbocycles. The summed E-state index contributed by atoms with van der Waals surface area (Å²) in [4.78, 5) is 13.2. The topological polar surface area (TPSA) is 17.1 Å². The van der Waals surface area contributed by atoms with Gasteiger partial charge in [-0.05, 0) is 83.8 Å². The Morgan fingerprint density at radius 1 is 0.537 bits per heavy atom. The number of carbonyl (C=O) groups excluding carboxylic acids is 1. The summed E-state index contributed by atoms with van der Waals surface area (Å²) >= 11 is 0. The van der Waals surface area contributed by atoms with Gasteiger partial charge >= 0.3 is 0 Å². The van der Waals surface area contributed by atoms with Crippen LogP contribution < -0.4 is 5.30 Å². The third kappa shape index (κ3) is 5.99. The van der Waals surface area contributed by atoms with E-state index in [9.17, 15) is 4.79 Å². The van der Waals surface area contributed by atoms with Gasteiger partial charge in [0, 0.05) is 12.8 Å². The van der Waals surface area contributed by atoms with E-state index in [1.165, 1.54) is 49.8 Å². The normalized spacial score (nSPS) is 17.3. The van der Waals surface area contributed by atoms with Crippen LogP contribution in [0.5, 0.6) is 0 Å². The number of Topliss-reactive ketones (excluding diaryl/α,β-unsaturated/α-hetero) is 1. The summed E-state index contributed by atoms with van der Waals surface area (Å²) < 4.78 is 0. The van der Waals surface area contributed by atoms with Crippen LogP contribution in [0, 0.1) is 0 Å². The minimum absolute atomic E-state index is 0.103. The number of ketones is 1. The van der Waals surface area contributed by atoms with E-state index in [4.69, 9.17) is 0 Å². The molecule has 1 fully saturated rings. The highest BCUT2D eigenvalue weighted by Crippen LogP contribution is 2.66. The van der Waals surface area contributed by atoms with Gasteiger partial charge in [-0.15, -0.1) is 0 Å². The number of carbonyl (C=O) groups is 1. The Kier molecular flexibility index (Phi) is 9.12. The van der Waals surface area contributed by atoms with Crippen LogP contribution in [0.3, 0.4) is 0 Å². The van der Waals surface area contributed by atoms with Crippen LogP contribution in [-0.4, -0.2) is 16.1 Å². The minimum atomic E-state index is -0.716. The molecule has 0 N–H and O–H groups in total. The summed E-state index contributed by atoms with van der Waals surface area (Å²) in [6.45, 7) is 28.1. The molecule has 1 nitrogen and oxygen atoms in total. The molecule has 0 spiro atoms. The van der Waals surface area contributed by atoms with Crippen molar-refractivity contribution < 1.29 is 4.79 Å². The van der Waals surface area contributed by atoms with Crippen molar-refractivity contribution in [2.24, 2.45) is 0 Å². The van der Waals surface area contributed by atoms with Crippen LogP contribution in [0.4, 0.5) is 0 Å². The van der Waals surface area contributed by atoms with E-state index in [0.717, 1.165) is 0 Å². The quantitative estimate of drug-likeness (QED) is 0.259. The molecule has 1 aliphatic heterocycles. The monoisotopic (exact) mass is 568 g/mol. The van der Waals surface area contributed by atoms with E-state index in [0.29, 0.717) is 42.3 Å². The maximum atomic E-state index is 13.2. The summed E-state index contributed by atoms with van der Waals surface area (Å²) in [5.41, 5.74) is 11.3. The first-order valence-corrected chi connectivity index (χ1v) is 17.1. The second-order valence-electron chi connectivity index (χ2n) is 14.8. The number of hydrogen-bond acceptors (Lipinski definition) is 1. The van der Waals surface area contributed by atoms with Crippen LogP contribution >= 0.6 is 7.92 Å². The van der Waals surface area contributed by atoms with Crippen LogP contribution in [0.2, 0.25) is 0 Å². The average molecular weight is 569 g/mol. The fourth-order valence-corrected chi connectivity index (χ4v) is 11.9. The van der Waals surface area contributed by atoms with E-state index in [2.05, 4.69) is 138 Å². The lowest BCUT2D eigenvalue weighted by Gasteiger charge is -2.50. The largest absolute Gasteiger partial charge is 0.300 e. The molecule has 4 rings (SSSR count). The van der Waals surface area contributed by atoms with E-state index in [1.54, 1.807) is 0 Å². The number of rotatable bonds is 7. The Morgan fingerprint density at radius 3 is 1.12 bits per heavy atom. The van der Waals surface area contributed by atoms with Crippen molar-refractivity contribution >= 4 is 19.0 Å². The zero-order valence-corrected chi connectivity index (χ0v) is 28.7. The fourth-order valence-electron chi connectivity index (χ4n) is 7.52. The van der Waals surface area contributed by atoms with Crippen molar-refractivity contribution in [2.45, 2.75) is 130 Å². The zero-order chi connectivity index (χ0) is 30.4. The Labute approximate surface area is 252 Å². The molecule has 0 aromatic heterocycles. The van der Waals surface area contributed by atoms with Crippen molar-refractivity contribution in [2.75, 3.05) is 0 Å². The highest BCUT2D eigenvalue weighted by atomic mass is 31.1. The lowest BCUT2D eigenvalue weighted by atomic mass is 9.82. The van der Waals surface area contributed by atoms with Gasteiger partial charge in [0.15, 0.2) is 0 Å². The second-order valence-corrected chi connectivity index (χ2v) is 18.3. The van der Waals surface area contributed by atoms with Crippen molar-refractivity contribution in [3.63, 3.8) is 0 Å². The molecule has 0 saturated carbocycles. The summed E-state index contributed by atoms with van der Waals surface area (Å²) in [5.74, 6) is 2.06. The first-order chi connectivity index (χ1) is 19.1. The van der Waals surface area contributed by atoms with Crippen molar-refractivity contribution in [3.05, 3.63) is 76.9 Å². The molecule has 0 atom stereocenters. The minimum Gasteiger partial charge on any atom is -0.300 e. The van der Waals surface area contributed by atoms with E-state index < -0.39 is 7.92 Å². The van der Waals surface area contributed by atoms with Gasteiger partial charge in [-0.25, -0.2) is 0 Å². The maximum Gasteiger partial charge on any atom is 0.134 e. The van der Waals surface area contributed by atoms with E-state index in [1.807, 2.05) is 0 Å². The molecule has 2 heteroatoms. The lowest BCUT2D eigenvalue weighted by molar-refractivity contribution is -0.120. The van der Waals surface area contributed by atoms with Gasteiger partial charge in [-0.1, -0.05) is 146 Å². The lowest BCUT2D eigenvalue weighted by Crippen LogP contribution is -2.44. The molecule has 1 aliphatic rings. The van der Waals surface area contributed by atoms with Gasteiger partial charge in [0.1, 0.15) is 5.78 Å². The zero-order valence-electron chi connectivity index (χ0n) is 27.8. The van der Waals surface area contributed by atoms with Crippen LogP contribution in [0.25, 0.3) is 22.3 Å². The molecule has 0 unspecified atom stereocenters. The Hall–Kier alpha value is -2.24. The first-order valence-electron chi connectivity index (χ1n) is 15.8. The predicted molar refractivity (Wildman–Crippen MR) is 183 cm³/mol. The highest BCUT2D eigenvalue weighted by molar-refractivity contribution is 7.69. The second kappa shape index (κ2) is 11.8. The van der Waals surface area contributed by atoms with Gasteiger partial charge in [0.05, 0.1) is 0 Å². The molecule has 0 bridgehead atoms.